The summed E-state index contributed by atoms with van der Waals surface area (Å²) in [4.78, 5) is 0. The summed E-state index contributed by atoms with van der Waals surface area (Å²) in [6.45, 7) is 4.57. The second kappa shape index (κ2) is 5.68. The zero-order valence-corrected chi connectivity index (χ0v) is 12.3. The zero-order valence-electron chi connectivity index (χ0n) is 12.3. The lowest BCUT2D eigenvalue weighted by Gasteiger charge is -2.48. The molecule has 0 aromatic rings. The van der Waals surface area contributed by atoms with Gasteiger partial charge in [0.2, 0.25) is 0 Å². The van der Waals surface area contributed by atoms with Gasteiger partial charge < -0.3 is 21.7 Å². The summed E-state index contributed by atoms with van der Waals surface area (Å²) in [6.07, 6.45) is 4.85. The summed E-state index contributed by atoms with van der Waals surface area (Å²) < 4.78 is 0. The molecule has 19 heavy (non-hydrogen) atoms. The van der Waals surface area contributed by atoms with Crippen molar-refractivity contribution in [1.82, 2.24) is 0 Å². The quantitative estimate of drug-likeness (QED) is 0.602. The fraction of sp³-hybridized carbons (Fsp3) is 1.00. The van der Waals surface area contributed by atoms with E-state index < -0.39 is 0 Å². The highest BCUT2D eigenvalue weighted by Gasteiger charge is 2.43. The molecule has 2 fully saturated rings. The van der Waals surface area contributed by atoms with Crippen molar-refractivity contribution in [3.8, 4) is 0 Å². The molecule has 2 rings (SSSR count). The Balaban J connectivity index is 2.01. The van der Waals surface area contributed by atoms with Gasteiger partial charge in [0.15, 0.2) is 0 Å². The van der Waals surface area contributed by atoms with Gasteiger partial charge in [-0.25, -0.2) is 0 Å². The molecule has 0 radical (unpaired) electrons. The van der Waals surface area contributed by atoms with Crippen LogP contribution < -0.4 is 11.5 Å². The molecule has 0 amide bonds. The summed E-state index contributed by atoms with van der Waals surface area (Å²) in [6, 6.07) is -0.116. The Morgan fingerprint density at radius 1 is 0.789 bits per heavy atom. The van der Waals surface area contributed by atoms with Crippen LogP contribution in [0.2, 0.25) is 0 Å². The first kappa shape index (κ1) is 15.2. The molecule has 0 aromatic carbocycles. The van der Waals surface area contributed by atoms with E-state index in [2.05, 4.69) is 13.8 Å². The number of hydrogen-bond acceptors (Lipinski definition) is 4. The van der Waals surface area contributed by atoms with Gasteiger partial charge in [-0.05, 0) is 55.8 Å². The minimum atomic E-state index is -0.367. The Hall–Kier alpha value is -0.160. The Bertz CT molecular complexity index is 281. The highest BCUT2D eigenvalue weighted by atomic mass is 16.3. The molecule has 0 bridgehead atoms. The Kier molecular flexibility index (Phi) is 4.56. The third-order valence-electron chi connectivity index (χ3n) is 5.84. The van der Waals surface area contributed by atoms with Crippen molar-refractivity contribution >= 4 is 0 Å². The van der Waals surface area contributed by atoms with Crippen LogP contribution in [0.4, 0.5) is 0 Å². The Labute approximate surface area is 116 Å². The predicted molar refractivity (Wildman–Crippen MR) is 76.4 cm³/mol. The molecule has 6 unspecified atom stereocenters. The van der Waals surface area contributed by atoms with Crippen LogP contribution in [0.3, 0.4) is 0 Å². The zero-order chi connectivity index (χ0) is 14.2. The lowest BCUT2D eigenvalue weighted by Crippen LogP contribution is -2.48. The Morgan fingerprint density at radius 3 is 1.47 bits per heavy atom. The van der Waals surface area contributed by atoms with Crippen molar-refractivity contribution in [2.24, 2.45) is 28.7 Å². The minimum Gasteiger partial charge on any atom is -0.392 e. The van der Waals surface area contributed by atoms with Crippen LogP contribution in [0.15, 0.2) is 0 Å². The molecular weight excluding hydrogens is 240 g/mol. The lowest BCUT2D eigenvalue weighted by atomic mass is 9.59. The first-order valence-corrected chi connectivity index (χ1v) is 7.69. The maximum absolute atomic E-state index is 10.0. The summed E-state index contributed by atoms with van der Waals surface area (Å²) >= 11 is 0. The average Bonchev–Trinajstić information content (AvgIpc) is 2.35. The standard InChI is InChI=1S/C15H30N2O2/c1-15(2,9-3-5-11(16)13(18)7-9)10-4-6-12(17)14(19)8-10/h9-14,18-19H,3-8,16-17H2,1-2H3. The summed E-state index contributed by atoms with van der Waals surface area (Å²) in [5, 5.41) is 20.0. The molecule has 2 saturated carbocycles. The predicted octanol–water partition coefficient (Wildman–Crippen LogP) is 0.989. The van der Waals surface area contributed by atoms with E-state index in [0.717, 1.165) is 38.5 Å². The van der Waals surface area contributed by atoms with Crippen LogP contribution in [-0.2, 0) is 0 Å². The molecule has 0 aliphatic heterocycles. The number of hydrogen-bond donors (Lipinski definition) is 4. The van der Waals surface area contributed by atoms with Gasteiger partial charge in [-0.2, -0.15) is 0 Å². The molecule has 0 spiro atoms. The van der Waals surface area contributed by atoms with Crippen molar-refractivity contribution < 1.29 is 10.2 Å². The van der Waals surface area contributed by atoms with Crippen LogP contribution in [0, 0.1) is 17.3 Å². The van der Waals surface area contributed by atoms with E-state index in [9.17, 15) is 10.2 Å². The van der Waals surface area contributed by atoms with Gasteiger partial charge in [0.1, 0.15) is 0 Å². The topological polar surface area (TPSA) is 92.5 Å². The van der Waals surface area contributed by atoms with Crippen molar-refractivity contribution in [2.45, 2.75) is 76.7 Å². The minimum absolute atomic E-state index is 0.0579. The van der Waals surface area contributed by atoms with Gasteiger partial charge in [0.25, 0.3) is 0 Å². The largest absolute Gasteiger partial charge is 0.392 e. The number of aliphatic hydroxyl groups is 2. The summed E-state index contributed by atoms with van der Waals surface area (Å²) in [5.74, 6) is 0.989. The van der Waals surface area contributed by atoms with Crippen molar-refractivity contribution in [3.63, 3.8) is 0 Å². The van der Waals surface area contributed by atoms with Crippen LogP contribution in [0.5, 0.6) is 0 Å². The maximum atomic E-state index is 10.0. The molecule has 0 heterocycles. The molecular formula is C15H30N2O2. The van der Waals surface area contributed by atoms with E-state index >= 15 is 0 Å². The van der Waals surface area contributed by atoms with E-state index in [4.69, 9.17) is 11.5 Å². The average molecular weight is 270 g/mol. The van der Waals surface area contributed by atoms with E-state index in [1.807, 2.05) is 0 Å². The highest BCUT2D eigenvalue weighted by molar-refractivity contribution is 4.95. The van der Waals surface area contributed by atoms with Gasteiger partial charge in [0.05, 0.1) is 12.2 Å². The number of aliphatic hydroxyl groups excluding tert-OH is 2. The highest BCUT2D eigenvalue weighted by Crippen LogP contribution is 2.48. The van der Waals surface area contributed by atoms with E-state index in [1.165, 1.54) is 0 Å². The van der Waals surface area contributed by atoms with Gasteiger partial charge in [0, 0.05) is 12.1 Å². The van der Waals surface area contributed by atoms with Crippen LogP contribution in [0.25, 0.3) is 0 Å². The van der Waals surface area contributed by atoms with E-state index in [0.29, 0.717) is 11.8 Å². The van der Waals surface area contributed by atoms with Gasteiger partial charge in [-0.3, -0.25) is 0 Å². The van der Waals surface area contributed by atoms with Gasteiger partial charge >= 0.3 is 0 Å². The first-order chi connectivity index (χ1) is 8.82. The van der Waals surface area contributed by atoms with Crippen molar-refractivity contribution in [2.75, 3.05) is 0 Å². The van der Waals surface area contributed by atoms with E-state index in [1.54, 1.807) is 0 Å². The molecule has 6 N–H and O–H groups in total. The van der Waals surface area contributed by atoms with Gasteiger partial charge in [-0.1, -0.05) is 13.8 Å². The molecule has 0 aromatic heterocycles. The third-order valence-corrected chi connectivity index (χ3v) is 5.84. The third kappa shape index (κ3) is 3.13. The first-order valence-electron chi connectivity index (χ1n) is 7.69. The number of rotatable bonds is 2. The number of nitrogens with two attached hydrogens (primary N) is 2. The summed E-state index contributed by atoms with van der Waals surface area (Å²) in [7, 11) is 0. The fourth-order valence-electron chi connectivity index (χ4n) is 4.03. The molecule has 0 saturated heterocycles. The fourth-order valence-corrected chi connectivity index (χ4v) is 4.03. The van der Waals surface area contributed by atoms with E-state index in [-0.39, 0.29) is 29.7 Å². The monoisotopic (exact) mass is 270 g/mol. The van der Waals surface area contributed by atoms with Crippen LogP contribution >= 0.6 is 0 Å². The Morgan fingerprint density at radius 2 is 1.16 bits per heavy atom. The SMILES string of the molecule is CC(C)(C1CCC(N)C(O)C1)C1CCC(N)C(O)C1. The molecule has 6 atom stereocenters. The summed E-state index contributed by atoms with van der Waals surface area (Å²) in [5.41, 5.74) is 11.9. The lowest BCUT2D eigenvalue weighted by molar-refractivity contribution is -0.0254. The van der Waals surface area contributed by atoms with Gasteiger partial charge in [-0.15, -0.1) is 0 Å². The normalized spacial score (nSPS) is 45.2. The molecule has 4 heteroatoms. The molecule has 2 aliphatic carbocycles. The molecule has 112 valence electrons. The van der Waals surface area contributed by atoms with Crippen molar-refractivity contribution in [3.05, 3.63) is 0 Å². The van der Waals surface area contributed by atoms with Crippen molar-refractivity contribution in [1.29, 1.82) is 0 Å². The molecule has 2 aliphatic rings. The smallest absolute Gasteiger partial charge is 0.0693 e. The molecule has 4 nitrogen and oxygen atoms in total. The maximum Gasteiger partial charge on any atom is 0.0693 e. The second-order valence-electron chi connectivity index (χ2n) is 7.30. The van der Waals surface area contributed by atoms with Crippen LogP contribution in [-0.4, -0.2) is 34.5 Å². The van der Waals surface area contributed by atoms with Crippen LogP contribution in [0.1, 0.15) is 52.4 Å². The second-order valence-corrected chi connectivity index (χ2v) is 7.30.